The normalized spacial score (nSPS) is 17.2. The number of nitrogens with zero attached hydrogens (tertiary/aromatic N) is 2. The zero-order valence-corrected chi connectivity index (χ0v) is 10.9. The summed E-state index contributed by atoms with van der Waals surface area (Å²) in [7, 11) is 1.67. The van der Waals surface area contributed by atoms with Crippen molar-refractivity contribution in [3.05, 3.63) is 53.8 Å². The van der Waals surface area contributed by atoms with Crippen LogP contribution in [0.25, 0.3) is 0 Å². The van der Waals surface area contributed by atoms with Crippen LogP contribution < -0.4 is 4.74 Å². The van der Waals surface area contributed by atoms with E-state index in [-0.39, 0.29) is 0 Å². The lowest BCUT2D eigenvalue weighted by Crippen LogP contribution is -2.22. The molecule has 0 atom stereocenters. The zero-order chi connectivity index (χ0) is 13.1. The first-order chi connectivity index (χ1) is 9.35. The van der Waals surface area contributed by atoms with E-state index < -0.39 is 0 Å². The molecular formula is C15H16N2O2. The topological polar surface area (TPSA) is 34.1 Å². The van der Waals surface area contributed by atoms with E-state index in [0.29, 0.717) is 6.61 Å². The molecule has 1 aromatic rings. The molecule has 2 aliphatic heterocycles. The summed E-state index contributed by atoms with van der Waals surface area (Å²) in [5.74, 6) is 1.59. The molecule has 0 fully saturated rings. The van der Waals surface area contributed by atoms with Crippen LogP contribution in [0.4, 0.5) is 0 Å². The molecule has 0 spiro atoms. The summed E-state index contributed by atoms with van der Waals surface area (Å²) in [6, 6.07) is 8.00. The average Bonchev–Trinajstić information content (AvgIpc) is 2.48. The van der Waals surface area contributed by atoms with E-state index in [1.165, 1.54) is 5.56 Å². The second-order valence-corrected chi connectivity index (χ2v) is 4.46. The number of fused-ring (bicyclic) bond motifs is 1. The Hall–Kier alpha value is -2.23. The quantitative estimate of drug-likeness (QED) is 0.833. The van der Waals surface area contributed by atoms with E-state index in [1.807, 2.05) is 41.6 Å². The van der Waals surface area contributed by atoms with Gasteiger partial charge in [-0.15, -0.1) is 5.10 Å². The van der Waals surface area contributed by atoms with Crippen LogP contribution in [0, 0.1) is 0 Å². The molecule has 0 saturated heterocycles. The monoisotopic (exact) mass is 256 g/mol. The van der Waals surface area contributed by atoms with E-state index >= 15 is 0 Å². The molecule has 1 aromatic carbocycles. The molecule has 3 rings (SSSR count). The maximum Gasteiger partial charge on any atom is 0.238 e. The number of hydrogen-bond donors (Lipinski definition) is 0. The van der Waals surface area contributed by atoms with Gasteiger partial charge in [-0.2, -0.15) is 0 Å². The maximum atomic E-state index is 5.56. The highest BCUT2D eigenvalue weighted by molar-refractivity contribution is 5.97. The van der Waals surface area contributed by atoms with Crippen LogP contribution in [0.3, 0.4) is 0 Å². The van der Waals surface area contributed by atoms with Crippen molar-refractivity contribution in [1.82, 2.24) is 5.01 Å². The van der Waals surface area contributed by atoms with Gasteiger partial charge in [-0.25, -0.2) is 0 Å². The number of ether oxygens (including phenoxy) is 2. The first kappa shape index (κ1) is 11.8. The highest BCUT2D eigenvalue weighted by atomic mass is 16.5. The molecule has 2 aliphatic rings. The van der Waals surface area contributed by atoms with Crippen LogP contribution in [0.5, 0.6) is 5.75 Å². The lowest BCUT2D eigenvalue weighted by atomic mass is 10.1. The molecule has 0 radical (unpaired) electrons. The Bertz CT molecular complexity index is 544. The molecule has 19 heavy (non-hydrogen) atoms. The van der Waals surface area contributed by atoms with E-state index in [2.05, 4.69) is 11.2 Å². The summed E-state index contributed by atoms with van der Waals surface area (Å²) < 4.78 is 10.7. The molecule has 0 aliphatic carbocycles. The standard InChI is InChI=1S/C15H16N2O2/c1-18-14-6-4-12(5-7-14)11-17-9-8-13-3-2-10-19-15(13)16-17/h3-9H,2,10-11H2,1H3. The first-order valence-electron chi connectivity index (χ1n) is 6.35. The van der Waals surface area contributed by atoms with Gasteiger partial charge in [0.1, 0.15) is 5.75 Å². The Morgan fingerprint density at radius 3 is 2.95 bits per heavy atom. The van der Waals surface area contributed by atoms with Gasteiger partial charge in [0, 0.05) is 18.2 Å². The Kier molecular flexibility index (Phi) is 3.23. The predicted octanol–water partition coefficient (Wildman–Crippen LogP) is 2.68. The third-order valence-electron chi connectivity index (χ3n) is 3.12. The van der Waals surface area contributed by atoms with Crippen molar-refractivity contribution in [2.45, 2.75) is 13.0 Å². The summed E-state index contributed by atoms with van der Waals surface area (Å²) >= 11 is 0. The number of rotatable bonds is 3. The summed E-state index contributed by atoms with van der Waals surface area (Å²) in [4.78, 5) is 0. The van der Waals surface area contributed by atoms with Crippen molar-refractivity contribution in [3.63, 3.8) is 0 Å². The summed E-state index contributed by atoms with van der Waals surface area (Å²) in [5.41, 5.74) is 2.26. The van der Waals surface area contributed by atoms with Crippen molar-refractivity contribution in [1.29, 1.82) is 0 Å². The number of benzene rings is 1. The summed E-state index contributed by atoms with van der Waals surface area (Å²) in [6.45, 7) is 1.44. The van der Waals surface area contributed by atoms with Crippen molar-refractivity contribution in [3.8, 4) is 5.75 Å². The zero-order valence-electron chi connectivity index (χ0n) is 10.9. The van der Waals surface area contributed by atoms with E-state index in [9.17, 15) is 0 Å². The lowest BCUT2D eigenvalue weighted by Gasteiger charge is -2.23. The Labute approximate surface area is 112 Å². The third-order valence-corrected chi connectivity index (χ3v) is 3.12. The molecule has 0 amide bonds. The predicted molar refractivity (Wildman–Crippen MR) is 73.8 cm³/mol. The fourth-order valence-corrected chi connectivity index (χ4v) is 2.09. The van der Waals surface area contributed by atoms with Crippen LogP contribution in [-0.4, -0.2) is 24.6 Å². The highest BCUT2D eigenvalue weighted by Crippen LogP contribution is 2.19. The number of methoxy groups -OCH3 is 1. The van der Waals surface area contributed by atoms with Crippen molar-refractivity contribution in [2.75, 3.05) is 13.7 Å². The third kappa shape index (κ3) is 2.62. The van der Waals surface area contributed by atoms with Gasteiger partial charge in [0.2, 0.25) is 5.90 Å². The lowest BCUT2D eigenvalue weighted by molar-refractivity contribution is 0.279. The Morgan fingerprint density at radius 2 is 2.16 bits per heavy atom. The van der Waals surface area contributed by atoms with Crippen LogP contribution in [-0.2, 0) is 11.3 Å². The van der Waals surface area contributed by atoms with Crippen LogP contribution in [0.2, 0.25) is 0 Å². The molecule has 98 valence electrons. The fraction of sp³-hybridized carbons (Fsp3) is 0.267. The minimum absolute atomic E-state index is 0.715. The largest absolute Gasteiger partial charge is 0.497 e. The van der Waals surface area contributed by atoms with Gasteiger partial charge in [0.05, 0.1) is 20.3 Å². The van der Waals surface area contributed by atoms with Crippen LogP contribution >= 0.6 is 0 Å². The maximum absolute atomic E-state index is 5.56. The fourth-order valence-electron chi connectivity index (χ4n) is 2.09. The van der Waals surface area contributed by atoms with Gasteiger partial charge in [0.15, 0.2) is 0 Å². The van der Waals surface area contributed by atoms with Gasteiger partial charge in [-0.3, -0.25) is 5.01 Å². The summed E-state index contributed by atoms with van der Waals surface area (Å²) in [5, 5.41) is 6.37. The first-order valence-corrected chi connectivity index (χ1v) is 6.35. The van der Waals surface area contributed by atoms with Crippen molar-refractivity contribution in [2.24, 2.45) is 5.10 Å². The van der Waals surface area contributed by atoms with Gasteiger partial charge in [-0.05, 0) is 23.8 Å². The smallest absolute Gasteiger partial charge is 0.238 e. The van der Waals surface area contributed by atoms with Gasteiger partial charge in [0.25, 0.3) is 0 Å². The molecule has 0 N–H and O–H groups in total. The van der Waals surface area contributed by atoms with E-state index in [0.717, 1.165) is 30.2 Å². The SMILES string of the molecule is COc1ccc(CN2C=CC3=CCCOC3=N2)cc1. The van der Waals surface area contributed by atoms with Gasteiger partial charge >= 0.3 is 0 Å². The number of hydrazone groups is 1. The molecule has 0 unspecified atom stereocenters. The van der Waals surface area contributed by atoms with E-state index in [1.54, 1.807) is 7.11 Å². The second kappa shape index (κ2) is 5.18. The minimum Gasteiger partial charge on any atom is -0.497 e. The molecule has 2 heterocycles. The summed E-state index contributed by atoms with van der Waals surface area (Å²) in [6.07, 6.45) is 7.14. The van der Waals surface area contributed by atoms with Crippen LogP contribution in [0.1, 0.15) is 12.0 Å². The van der Waals surface area contributed by atoms with Crippen molar-refractivity contribution >= 4 is 5.90 Å². The van der Waals surface area contributed by atoms with Gasteiger partial charge < -0.3 is 9.47 Å². The van der Waals surface area contributed by atoms with Crippen molar-refractivity contribution < 1.29 is 9.47 Å². The average molecular weight is 256 g/mol. The Morgan fingerprint density at radius 1 is 1.32 bits per heavy atom. The molecule has 0 bridgehead atoms. The van der Waals surface area contributed by atoms with Crippen LogP contribution in [0.15, 0.2) is 53.3 Å². The second-order valence-electron chi connectivity index (χ2n) is 4.46. The van der Waals surface area contributed by atoms with Gasteiger partial charge in [-0.1, -0.05) is 18.2 Å². The Balaban J connectivity index is 1.72. The van der Waals surface area contributed by atoms with E-state index in [4.69, 9.17) is 9.47 Å². The molecule has 0 saturated carbocycles. The molecule has 4 nitrogen and oxygen atoms in total. The molecule has 0 aromatic heterocycles. The molecule has 4 heteroatoms. The highest BCUT2D eigenvalue weighted by Gasteiger charge is 2.16. The number of hydrogen-bond acceptors (Lipinski definition) is 4. The molecular weight excluding hydrogens is 240 g/mol. The minimum atomic E-state index is 0.715.